The molecule has 6 heteroatoms. The number of methoxy groups -OCH3 is 1. The number of rotatable bonds is 6. The second-order valence-corrected chi connectivity index (χ2v) is 4.10. The first-order valence-corrected chi connectivity index (χ1v) is 5.89. The van der Waals surface area contributed by atoms with Gasteiger partial charge in [0, 0.05) is 27.3 Å². The molecule has 1 heterocycles. The Morgan fingerprint density at radius 2 is 2.31 bits per heavy atom. The highest BCUT2D eigenvalue weighted by atomic mass is 32.1. The summed E-state index contributed by atoms with van der Waals surface area (Å²) < 4.78 is 9.06. The van der Waals surface area contributed by atoms with E-state index in [0.717, 1.165) is 17.1 Å². The quantitative estimate of drug-likeness (QED) is 0.738. The molecule has 1 rings (SSSR count). The molecule has 5 nitrogen and oxygen atoms in total. The maximum atomic E-state index is 11.8. The molecule has 0 aliphatic carbocycles. The Morgan fingerprint density at radius 3 is 2.94 bits per heavy atom. The minimum absolute atomic E-state index is 0.0771. The third kappa shape index (κ3) is 3.18. The fraction of sp³-hybridized carbons (Fsp3) is 0.600. The van der Waals surface area contributed by atoms with Crippen LogP contribution in [0.2, 0.25) is 0 Å². The van der Waals surface area contributed by atoms with Crippen LogP contribution in [0, 0.1) is 6.92 Å². The molecule has 1 aromatic rings. The lowest BCUT2D eigenvalue weighted by atomic mass is 10.2. The molecule has 0 saturated carbocycles. The summed E-state index contributed by atoms with van der Waals surface area (Å²) in [4.78, 5) is 11.8. The topological polar surface area (TPSA) is 63.2 Å². The van der Waals surface area contributed by atoms with Crippen molar-refractivity contribution < 1.29 is 9.53 Å². The normalized spacial score (nSPS) is 10.2. The molecule has 0 aromatic carbocycles. The van der Waals surface area contributed by atoms with Gasteiger partial charge in [-0.25, -0.2) is 0 Å². The smallest absolute Gasteiger partial charge is 0.256 e. The van der Waals surface area contributed by atoms with Gasteiger partial charge in [0.1, 0.15) is 5.00 Å². The number of carbonyl (C=O) groups is 1. The Kier molecular flexibility index (Phi) is 5.21. The minimum atomic E-state index is -0.0771. The second kappa shape index (κ2) is 6.44. The summed E-state index contributed by atoms with van der Waals surface area (Å²) in [6.45, 7) is 3.10. The number of nitrogens with one attached hydrogen (secondary N) is 2. The third-order valence-corrected chi connectivity index (χ3v) is 3.08. The number of ether oxygens (including phenoxy) is 1. The van der Waals surface area contributed by atoms with Crippen LogP contribution in [0.25, 0.3) is 0 Å². The zero-order chi connectivity index (χ0) is 12.0. The summed E-state index contributed by atoms with van der Waals surface area (Å²) in [5, 5.41) is 6.62. The maximum Gasteiger partial charge on any atom is 0.256 e. The molecule has 0 spiro atoms. The van der Waals surface area contributed by atoms with Crippen LogP contribution < -0.4 is 10.6 Å². The van der Waals surface area contributed by atoms with Gasteiger partial charge in [-0.15, -0.1) is 0 Å². The van der Waals surface area contributed by atoms with Crippen molar-refractivity contribution >= 4 is 22.4 Å². The number of nitrogens with zero attached hydrogens (tertiary/aromatic N) is 1. The third-order valence-electron chi connectivity index (χ3n) is 2.13. The highest BCUT2D eigenvalue weighted by Crippen LogP contribution is 2.23. The maximum absolute atomic E-state index is 11.8. The van der Waals surface area contributed by atoms with E-state index in [1.165, 1.54) is 11.5 Å². The van der Waals surface area contributed by atoms with Gasteiger partial charge in [0.15, 0.2) is 0 Å². The Bertz CT molecular complexity index is 352. The Balaban J connectivity index is 2.55. The zero-order valence-corrected chi connectivity index (χ0v) is 10.6. The minimum Gasteiger partial charge on any atom is -0.385 e. The molecule has 0 fully saturated rings. The Morgan fingerprint density at radius 1 is 1.56 bits per heavy atom. The number of amides is 1. The molecular weight excluding hydrogens is 226 g/mol. The van der Waals surface area contributed by atoms with Crippen LogP contribution in [0.5, 0.6) is 0 Å². The van der Waals surface area contributed by atoms with E-state index in [2.05, 4.69) is 15.0 Å². The van der Waals surface area contributed by atoms with Crippen LogP contribution in [-0.2, 0) is 4.74 Å². The molecule has 0 atom stereocenters. The number of aryl methyl sites for hydroxylation is 1. The number of hydrogen-bond acceptors (Lipinski definition) is 5. The van der Waals surface area contributed by atoms with Gasteiger partial charge in [-0.2, -0.15) is 4.37 Å². The fourth-order valence-corrected chi connectivity index (χ4v) is 2.06. The number of carbonyl (C=O) groups excluding carboxylic acids is 1. The predicted octanol–water partition coefficient (Wildman–Crippen LogP) is 1.26. The summed E-state index contributed by atoms with van der Waals surface area (Å²) in [5.41, 5.74) is 1.41. The lowest BCUT2D eigenvalue weighted by Crippen LogP contribution is -2.26. The molecule has 0 bridgehead atoms. The van der Waals surface area contributed by atoms with Crippen molar-refractivity contribution in [2.24, 2.45) is 0 Å². The van der Waals surface area contributed by atoms with E-state index in [9.17, 15) is 4.79 Å². The molecule has 0 aliphatic heterocycles. The van der Waals surface area contributed by atoms with E-state index in [1.54, 1.807) is 14.2 Å². The van der Waals surface area contributed by atoms with Crippen LogP contribution in [0.1, 0.15) is 22.5 Å². The van der Waals surface area contributed by atoms with E-state index >= 15 is 0 Å². The summed E-state index contributed by atoms with van der Waals surface area (Å²) in [5.74, 6) is -0.0771. The number of anilines is 1. The number of aromatic nitrogens is 1. The Hall–Kier alpha value is -1.14. The molecule has 1 amide bonds. The first-order chi connectivity index (χ1) is 7.70. The van der Waals surface area contributed by atoms with Gasteiger partial charge in [-0.1, -0.05) is 0 Å². The van der Waals surface area contributed by atoms with Crippen LogP contribution in [-0.4, -0.2) is 37.6 Å². The van der Waals surface area contributed by atoms with E-state index in [4.69, 9.17) is 4.74 Å². The van der Waals surface area contributed by atoms with E-state index < -0.39 is 0 Å². The van der Waals surface area contributed by atoms with Gasteiger partial charge < -0.3 is 15.4 Å². The van der Waals surface area contributed by atoms with Crippen molar-refractivity contribution in [3.05, 3.63) is 11.3 Å². The fourth-order valence-electron chi connectivity index (χ4n) is 1.31. The molecule has 16 heavy (non-hydrogen) atoms. The average Bonchev–Trinajstić information content (AvgIpc) is 2.65. The van der Waals surface area contributed by atoms with Crippen molar-refractivity contribution in [3.63, 3.8) is 0 Å². The van der Waals surface area contributed by atoms with Gasteiger partial charge >= 0.3 is 0 Å². The summed E-state index contributed by atoms with van der Waals surface area (Å²) in [7, 11) is 3.43. The SMILES string of the molecule is CNc1snc(C)c1C(=O)NCCCOC. The average molecular weight is 243 g/mol. The second-order valence-electron chi connectivity index (χ2n) is 3.32. The summed E-state index contributed by atoms with van der Waals surface area (Å²) in [6.07, 6.45) is 0.813. The highest BCUT2D eigenvalue weighted by molar-refractivity contribution is 7.10. The van der Waals surface area contributed by atoms with Gasteiger partial charge in [0.05, 0.1) is 11.3 Å². The van der Waals surface area contributed by atoms with E-state index in [1.807, 2.05) is 6.92 Å². The molecule has 0 saturated heterocycles. The van der Waals surface area contributed by atoms with Crippen molar-refractivity contribution in [3.8, 4) is 0 Å². The van der Waals surface area contributed by atoms with Crippen LogP contribution >= 0.6 is 11.5 Å². The van der Waals surface area contributed by atoms with Gasteiger partial charge in [0.2, 0.25) is 0 Å². The first kappa shape index (κ1) is 12.9. The van der Waals surface area contributed by atoms with Gasteiger partial charge in [0.25, 0.3) is 5.91 Å². The van der Waals surface area contributed by atoms with Crippen LogP contribution in [0.3, 0.4) is 0 Å². The predicted molar refractivity (Wildman–Crippen MR) is 65.2 cm³/mol. The summed E-state index contributed by atoms with van der Waals surface area (Å²) in [6, 6.07) is 0. The molecule has 0 radical (unpaired) electrons. The van der Waals surface area contributed by atoms with Crippen molar-refractivity contribution in [1.82, 2.24) is 9.69 Å². The van der Waals surface area contributed by atoms with Crippen molar-refractivity contribution in [2.45, 2.75) is 13.3 Å². The van der Waals surface area contributed by atoms with Gasteiger partial charge in [-0.05, 0) is 24.9 Å². The Labute approximate surface area is 99.4 Å². The monoisotopic (exact) mass is 243 g/mol. The lowest BCUT2D eigenvalue weighted by Gasteiger charge is -2.05. The van der Waals surface area contributed by atoms with Crippen LogP contribution in [0.15, 0.2) is 0 Å². The molecule has 1 aromatic heterocycles. The van der Waals surface area contributed by atoms with E-state index in [0.29, 0.717) is 18.7 Å². The van der Waals surface area contributed by atoms with E-state index in [-0.39, 0.29) is 5.91 Å². The zero-order valence-electron chi connectivity index (χ0n) is 9.79. The van der Waals surface area contributed by atoms with Crippen LogP contribution in [0.4, 0.5) is 5.00 Å². The molecule has 0 aliphatic rings. The van der Waals surface area contributed by atoms with Crippen molar-refractivity contribution in [1.29, 1.82) is 0 Å². The lowest BCUT2D eigenvalue weighted by molar-refractivity contribution is 0.0949. The standard InChI is InChI=1S/C10H17N3O2S/c1-7-8(10(11-2)16-13-7)9(14)12-5-4-6-15-3/h11H,4-6H2,1-3H3,(H,12,14). The highest BCUT2D eigenvalue weighted by Gasteiger charge is 2.16. The largest absolute Gasteiger partial charge is 0.385 e. The number of hydrogen-bond donors (Lipinski definition) is 2. The first-order valence-electron chi connectivity index (χ1n) is 5.11. The van der Waals surface area contributed by atoms with Crippen molar-refractivity contribution in [2.75, 3.05) is 32.6 Å². The molecule has 2 N–H and O–H groups in total. The molecule has 0 unspecified atom stereocenters. The van der Waals surface area contributed by atoms with Gasteiger partial charge in [-0.3, -0.25) is 4.79 Å². The summed E-state index contributed by atoms with van der Waals surface area (Å²) >= 11 is 1.30. The molecular formula is C10H17N3O2S. The molecule has 90 valence electrons.